The van der Waals surface area contributed by atoms with Crippen LogP contribution in [0.15, 0.2) is 12.7 Å². The lowest BCUT2D eigenvalue weighted by Gasteiger charge is -2.05. The molecule has 0 aliphatic rings. The fourth-order valence-electron chi connectivity index (χ4n) is 0.733. The van der Waals surface area contributed by atoms with Gasteiger partial charge in [0.1, 0.15) is 0 Å². The summed E-state index contributed by atoms with van der Waals surface area (Å²) in [5, 5.41) is 7.08. The first-order chi connectivity index (χ1) is 5.16. The van der Waals surface area contributed by atoms with Crippen LogP contribution in [0.3, 0.4) is 0 Å². The number of rotatable bonds is 5. The van der Waals surface area contributed by atoms with Crippen molar-refractivity contribution in [2.45, 2.75) is 26.7 Å². The molecule has 0 fully saturated rings. The van der Waals surface area contributed by atoms with Gasteiger partial charge in [-0.1, -0.05) is 20.4 Å². The first-order valence-corrected chi connectivity index (χ1v) is 4.00. The van der Waals surface area contributed by atoms with E-state index in [0.29, 0.717) is 6.61 Å². The van der Waals surface area contributed by atoms with E-state index in [2.05, 4.69) is 20.4 Å². The highest BCUT2D eigenvalue weighted by molar-refractivity contribution is 5.83. The Morgan fingerprint density at radius 3 is 2.73 bits per heavy atom. The highest BCUT2D eigenvalue weighted by Gasteiger charge is 1.94. The Hall–Kier alpha value is -0.790. The van der Waals surface area contributed by atoms with Gasteiger partial charge in [0.25, 0.3) is 0 Å². The second-order valence-electron chi connectivity index (χ2n) is 2.95. The van der Waals surface area contributed by atoms with Crippen LogP contribution in [0.2, 0.25) is 0 Å². The Morgan fingerprint density at radius 1 is 1.64 bits per heavy atom. The van der Waals surface area contributed by atoms with Gasteiger partial charge < -0.3 is 4.74 Å². The van der Waals surface area contributed by atoms with E-state index in [1.54, 1.807) is 0 Å². The van der Waals surface area contributed by atoms with E-state index in [4.69, 9.17) is 10.1 Å². The summed E-state index contributed by atoms with van der Waals surface area (Å²) in [5.74, 6) is 0.894. The highest BCUT2D eigenvalue weighted by atomic mass is 16.5. The molecule has 0 bridgehead atoms. The molecule has 2 nitrogen and oxygen atoms in total. The summed E-state index contributed by atoms with van der Waals surface area (Å²) in [6.07, 6.45) is 3.59. The lowest BCUT2D eigenvalue weighted by molar-refractivity contribution is 0.286. The van der Waals surface area contributed by atoms with Crippen LogP contribution < -0.4 is 0 Å². The summed E-state index contributed by atoms with van der Waals surface area (Å²) >= 11 is 0. The third-order valence-corrected chi connectivity index (χ3v) is 1.37. The summed E-state index contributed by atoms with van der Waals surface area (Å²) in [7, 11) is 0. The van der Waals surface area contributed by atoms with Gasteiger partial charge in [-0.3, -0.25) is 5.41 Å². The maximum Gasteiger partial charge on any atom is 0.205 e. The summed E-state index contributed by atoms with van der Waals surface area (Å²) in [6, 6.07) is 0. The van der Waals surface area contributed by atoms with Gasteiger partial charge in [-0.25, -0.2) is 0 Å². The average Bonchev–Trinajstić information content (AvgIpc) is 1.97. The van der Waals surface area contributed by atoms with Crippen LogP contribution in [0, 0.1) is 11.3 Å². The molecule has 0 aromatic heterocycles. The Labute approximate surface area is 68.8 Å². The second-order valence-corrected chi connectivity index (χ2v) is 2.95. The number of hydrogen-bond donors (Lipinski definition) is 1. The molecule has 11 heavy (non-hydrogen) atoms. The Balaban J connectivity index is 3.14. The fourth-order valence-corrected chi connectivity index (χ4v) is 0.733. The van der Waals surface area contributed by atoms with E-state index in [-0.39, 0.29) is 5.90 Å². The molecule has 0 saturated heterocycles. The fraction of sp³-hybridized carbons (Fsp3) is 0.667. The van der Waals surface area contributed by atoms with Gasteiger partial charge in [-0.2, -0.15) is 0 Å². The maximum atomic E-state index is 7.08. The van der Waals surface area contributed by atoms with Crippen molar-refractivity contribution in [3.05, 3.63) is 12.7 Å². The van der Waals surface area contributed by atoms with Crippen molar-refractivity contribution in [1.29, 1.82) is 5.41 Å². The normalized spacial score (nSPS) is 9.73. The first-order valence-electron chi connectivity index (χ1n) is 4.00. The largest absolute Gasteiger partial charge is 0.478 e. The molecule has 0 heterocycles. The number of hydrogen-bond acceptors (Lipinski definition) is 2. The van der Waals surface area contributed by atoms with Gasteiger partial charge in [-0.15, -0.1) is 0 Å². The predicted octanol–water partition coefficient (Wildman–Crippen LogP) is 2.60. The van der Waals surface area contributed by atoms with Crippen molar-refractivity contribution >= 4 is 5.90 Å². The van der Waals surface area contributed by atoms with Gasteiger partial charge in [0.15, 0.2) is 0 Å². The van der Waals surface area contributed by atoms with Crippen LogP contribution in [-0.4, -0.2) is 12.5 Å². The van der Waals surface area contributed by atoms with E-state index in [1.165, 1.54) is 6.08 Å². The molecule has 0 aromatic carbocycles. The minimum Gasteiger partial charge on any atom is -0.478 e. The molecule has 0 atom stereocenters. The SMILES string of the molecule is C=CC(=N)OCCCC(C)C. The third kappa shape index (κ3) is 7.10. The maximum absolute atomic E-state index is 7.08. The molecule has 0 aliphatic heterocycles. The summed E-state index contributed by atoms with van der Waals surface area (Å²) < 4.78 is 5.01. The summed E-state index contributed by atoms with van der Waals surface area (Å²) in [6.45, 7) is 8.43. The van der Waals surface area contributed by atoms with Gasteiger partial charge in [0.05, 0.1) is 6.61 Å². The van der Waals surface area contributed by atoms with Crippen LogP contribution in [0.25, 0.3) is 0 Å². The van der Waals surface area contributed by atoms with E-state index in [9.17, 15) is 0 Å². The molecule has 0 saturated carbocycles. The lowest BCUT2D eigenvalue weighted by atomic mass is 10.1. The van der Waals surface area contributed by atoms with Crippen LogP contribution in [0.5, 0.6) is 0 Å². The molecule has 1 N–H and O–H groups in total. The second kappa shape index (κ2) is 5.96. The molecular formula is C9H17NO. The van der Waals surface area contributed by atoms with Crippen LogP contribution in [-0.2, 0) is 4.74 Å². The minimum absolute atomic E-state index is 0.175. The van der Waals surface area contributed by atoms with E-state index in [0.717, 1.165) is 18.8 Å². The Kier molecular flexibility index (Phi) is 5.53. The minimum atomic E-state index is 0.175. The van der Waals surface area contributed by atoms with Gasteiger partial charge in [-0.05, 0) is 24.8 Å². The zero-order chi connectivity index (χ0) is 8.69. The zero-order valence-electron chi connectivity index (χ0n) is 7.39. The topological polar surface area (TPSA) is 33.1 Å². The van der Waals surface area contributed by atoms with E-state index >= 15 is 0 Å². The van der Waals surface area contributed by atoms with Crippen LogP contribution in [0.4, 0.5) is 0 Å². The van der Waals surface area contributed by atoms with Gasteiger partial charge in [0, 0.05) is 0 Å². The number of ether oxygens (including phenoxy) is 1. The molecule has 0 aliphatic carbocycles. The lowest BCUT2D eigenvalue weighted by Crippen LogP contribution is -2.01. The standard InChI is InChI=1S/C9H17NO/c1-4-9(10)11-7-5-6-8(2)3/h4,8,10H,1,5-7H2,2-3H3. The smallest absolute Gasteiger partial charge is 0.205 e. The quantitative estimate of drug-likeness (QED) is 0.369. The first kappa shape index (κ1) is 10.2. The highest BCUT2D eigenvalue weighted by Crippen LogP contribution is 2.02. The third-order valence-electron chi connectivity index (χ3n) is 1.37. The van der Waals surface area contributed by atoms with Crippen molar-refractivity contribution in [1.82, 2.24) is 0 Å². The molecule has 0 spiro atoms. The van der Waals surface area contributed by atoms with Crippen molar-refractivity contribution in [2.24, 2.45) is 5.92 Å². The van der Waals surface area contributed by atoms with E-state index < -0.39 is 0 Å². The Bertz CT molecular complexity index is 130. The molecule has 0 rings (SSSR count). The van der Waals surface area contributed by atoms with Crippen LogP contribution >= 0.6 is 0 Å². The average molecular weight is 155 g/mol. The molecule has 0 unspecified atom stereocenters. The zero-order valence-corrected chi connectivity index (χ0v) is 7.39. The number of nitrogens with one attached hydrogen (secondary N) is 1. The summed E-state index contributed by atoms with van der Waals surface area (Å²) in [4.78, 5) is 0. The van der Waals surface area contributed by atoms with Crippen molar-refractivity contribution < 1.29 is 4.74 Å². The Morgan fingerprint density at radius 2 is 2.27 bits per heavy atom. The van der Waals surface area contributed by atoms with Crippen molar-refractivity contribution in [3.8, 4) is 0 Å². The van der Waals surface area contributed by atoms with Crippen molar-refractivity contribution in [3.63, 3.8) is 0 Å². The van der Waals surface area contributed by atoms with Crippen LogP contribution in [0.1, 0.15) is 26.7 Å². The summed E-state index contributed by atoms with van der Waals surface area (Å²) in [5.41, 5.74) is 0. The molecular weight excluding hydrogens is 138 g/mol. The van der Waals surface area contributed by atoms with E-state index in [1.807, 2.05) is 0 Å². The monoisotopic (exact) mass is 155 g/mol. The molecule has 64 valence electrons. The molecule has 0 radical (unpaired) electrons. The van der Waals surface area contributed by atoms with Gasteiger partial charge in [0.2, 0.25) is 5.90 Å². The van der Waals surface area contributed by atoms with Gasteiger partial charge >= 0.3 is 0 Å². The molecule has 0 amide bonds. The van der Waals surface area contributed by atoms with Crippen molar-refractivity contribution in [2.75, 3.05) is 6.61 Å². The predicted molar refractivity (Wildman–Crippen MR) is 47.9 cm³/mol. The molecule has 0 aromatic rings. The molecule has 2 heteroatoms.